The molecule has 2 aliphatic carbocycles. The minimum Gasteiger partial charge on any atom is -0.489 e. The Kier molecular flexibility index (Phi) is 8.76. The molecule has 8 rings (SSSR count). The molecule has 2 aliphatic heterocycles. The second-order valence-electron chi connectivity index (χ2n) is 14.3. The maximum atomic E-state index is 16.0. The van der Waals surface area contributed by atoms with Crippen LogP contribution in [-0.2, 0) is 15.5 Å². The first-order chi connectivity index (χ1) is 24.7. The Labute approximate surface area is 300 Å². The molecule has 2 atom stereocenters. The average Bonchev–Trinajstić information content (AvgIpc) is 3.33. The molecule has 0 radical (unpaired) electrons. The Morgan fingerprint density at radius 3 is 2.45 bits per heavy atom. The van der Waals surface area contributed by atoms with Gasteiger partial charge in [0, 0.05) is 29.0 Å². The Balaban J connectivity index is 1.06. The van der Waals surface area contributed by atoms with E-state index in [2.05, 4.69) is 66.2 Å². The zero-order valence-electron chi connectivity index (χ0n) is 28.6. The standard InChI is InChI=1S/C42H40FN3O4S/c1-42(2)22-37-40(51(48)25-42)38(32-20-19-27(21-34(32)43)49-23-26-11-4-3-5-12-26)44-35-17-10-18-36(39(35)45-37)46-41(47)50-24-33-30-15-8-6-13-28(30)29-14-7-9-16-31(29)33/h4,6-21,33,38,44-45H,3,5,22-25H2,1-2H3,(H,46,47). The largest absolute Gasteiger partial charge is 0.489 e. The highest BCUT2D eigenvalue weighted by atomic mass is 32.2. The number of carbonyl (C=O) groups is 1. The van der Waals surface area contributed by atoms with Crippen LogP contribution in [0.2, 0.25) is 0 Å². The third kappa shape index (κ3) is 6.58. The molecule has 0 bridgehead atoms. The maximum Gasteiger partial charge on any atom is 0.411 e. The molecule has 2 heterocycles. The highest BCUT2D eigenvalue weighted by Crippen LogP contribution is 2.48. The number of nitrogens with one attached hydrogen (secondary N) is 3. The van der Waals surface area contributed by atoms with Gasteiger partial charge in [0.15, 0.2) is 0 Å². The SMILES string of the molecule is CC1(C)CC2=C(C(c3ccc(OCC4=CCCC=C4)cc3F)Nc3cccc(NC(=O)OCC4c5ccccc5-c5ccccc54)c3N2)S(=O)C1. The van der Waals surface area contributed by atoms with Crippen molar-refractivity contribution in [1.29, 1.82) is 0 Å². The molecule has 260 valence electrons. The smallest absolute Gasteiger partial charge is 0.411 e. The van der Waals surface area contributed by atoms with Crippen LogP contribution in [0, 0.1) is 11.2 Å². The quantitative estimate of drug-likeness (QED) is 0.178. The average molecular weight is 702 g/mol. The highest BCUT2D eigenvalue weighted by Gasteiger charge is 2.39. The van der Waals surface area contributed by atoms with Gasteiger partial charge >= 0.3 is 6.09 Å². The number of rotatable bonds is 7. The van der Waals surface area contributed by atoms with Gasteiger partial charge in [-0.3, -0.25) is 9.53 Å². The van der Waals surface area contributed by atoms with Crippen molar-refractivity contribution in [2.75, 3.05) is 34.9 Å². The predicted octanol–water partition coefficient (Wildman–Crippen LogP) is 9.81. The second kappa shape index (κ2) is 13.5. The van der Waals surface area contributed by atoms with E-state index in [9.17, 15) is 9.00 Å². The summed E-state index contributed by atoms with van der Waals surface area (Å²) in [6.07, 6.45) is 8.28. The number of para-hydroxylation sites is 1. The zero-order valence-corrected chi connectivity index (χ0v) is 29.4. The number of hydrogen-bond donors (Lipinski definition) is 3. The van der Waals surface area contributed by atoms with Crippen LogP contribution in [0.5, 0.6) is 5.75 Å². The molecule has 51 heavy (non-hydrogen) atoms. The summed E-state index contributed by atoms with van der Waals surface area (Å²) in [4.78, 5) is 14.0. The zero-order chi connectivity index (χ0) is 35.1. The van der Waals surface area contributed by atoms with Crippen molar-refractivity contribution < 1.29 is 22.9 Å². The molecule has 0 saturated carbocycles. The van der Waals surface area contributed by atoms with Gasteiger partial charge in [0.2, 0.25) is 0 Å². The number of fused-ring (bicyclic) bond motifs is 4. The minimum atomic E-state index is -1.41. The van der Waals surface area contributed by atoms with Gasteiger partial charge in [-0.2, -0.15) is 0 Å². The van der Waals surface area contributed by atoms with Crippen LogP contribution < -0.4 is 20.7 Å². The summed E-state index contributed by atoms with van der Waals surface area (Å²) < 4.78 is 41.8. The fourth-order valence-electron chi connectivity index (χ4n) is 7.62. The normalized spacial score (nSPS) is 20.0. The molecule has 9 heteroatoms. The lowest BCUT2D eigenvalue weighted by atomic mass is 9.88. The lowest BCUT2D eigenvalue weighted by Crippen LogP contribution is -2.32. The summed E-state index contributed by atoms with van der Waals surface area (Å²) in [6, 6.07) is 26.1. The number of benzene rings is 4. The minimum absolute atomic E-state index is 0.0726. The molecule has 3 N–H and O–H groups in total. The van der Waals surface area contributed by atoms with Gasteiger partial charge in [-0.1, -0.05) is 86.7 Å². The first kappa shape index (κ1) is 33.0. The molecule has 4 aliphatic rings. The topological polar surface area (TPSA) is 88.7 Å². The van der Waals surface area contributed by atoms with E-state index < -0.39 is 28.8 Å². The Morgan fingerprint density at radius 2 is 1.73 bits per heavy atom. The van der Waals surface area contributed by atoms with Gasteiger partial charge in [-0.05, 0) is 76.8 Å². The van der Waals surface area contributed by atoms with Crippen LogP contribution in [0.4, 0.5) is 26.2 Å². The third-order valence-corrected chi connectivity index (χ3v) is 12.0. The van der Waals surface area contributed by atoms with E-state index in [4.69, 9.17) is 9.47 Å². The summed E-state index contributed by atoms with van der Waals surface area (Å²) in [5, 5.41) is 9.96. The van der Waals surface area contributed by atoms with Gasteiger partial charge < -0.3 is 20.1 Å². The summed E-state index contributed by atoms with van der Waals surface area (Å²) in [7, 11) is -1.41. The molecule has 7 nitrogen and oxygen atoms in total. The molecule has 4 aromatic rings. The molecule has 0 spiro atoms. The van der Waals surface area contributed by atoms with E-state index in [0.29, 0.717) is 52.1 Å². The van der Waals surface area contributed by atoms with Gasteiger partial charge in [-0.15, -0.1) is 0 Å². The highest BCUT2D eigenvalue weighted by molar-refractivity contribution is 7.89. The third-order valence-electron chi connectivity index (χ3n) is 9.96. The van der Waals surface area contributed by atoms with Gasteiger partial charge in [0.25, 0.3) is 0 Å². The number of anilines is 3. The molecule has 0 saturated heterocycles. The predicted molar refractivity (Wildman–Crippen MR) is 202 cm³/mol. The molecule has 1 amide bonds. The fraction of sp³-hybridized carbons (Fsp3) is 0.262. The molecular formula is C42H40FN3O4S. The maximum absolute atomic E-state index is 16.0. The van der Waals surface area contributed by atoms with Gasteiger partial charge in [0.05, 0.1) is 38.8 Å². The lowest BCUT2D eigenvalue weighted by Gasteiger charge is -2.34. The van der Waals surface area contributed by atoms with Crippen molar-refractivity contribution in [3.63, 3.8) is 0 Å². The molecule has 2 unspecified atom stereocenters. The van der Waals surface area contributed by atoms with Crippen LogP contribution in [0.25, 0.3) is 11.1 Å². The van der Waals surface area contributed by atoms with Crippen LogP contribution in [0.15, 0.2) is 119 Å². The summed E-state index contributed by atoms with van der Waals surface area (Å²) >= 11 is 0. The van der Waals surface area contributed by atoms with Crippen molar-refractivity contribution in [3.05, 3.63) is 142 Å². The summed E-state index contributed by atoms with van der Waals surface area (Å²) in [5.41, 5.74) is 8.23. The van der Waals surface area contributed by atoms with E-state index in [1.807, 2.05) is 42.5 Å². The number of ether oxygens (including phenoxy) is 2. The van der Waals surface area contributed by atoms with E-state index in [1.54, 1.807) is 18.2 Å². The second-order valence-corrected chi connectivity index (χ2v) is 15.7. The van der Waals surface area contributed by atoms with Crippen molar-refractivity contribution in [2.24, 2.45) is 5.41 Å². The summed E-state index contributed by atoms with van der Waals surface area (Å²) in [6.45, 7) is 4.70. The molecule has 0 aromatic heterocycles. The molecule has 4 aromatic carbocycles. The number of carbonyl (C=O) groups excluding carboxylic acids is 1. The van der Waals surface area contributed by atoms with E-state index in [-0.39, 0.29) is 17.9 Å². The van der Waals surface area contributed by atoms with Crippen molar-refractivity contribution in [1.82, 2.24) is 0 Å². The lowest BCUT2D eigenvalue weighted by molar-refractivity contribution is 0.158. The Hall–Kier alpha value is -5.15. The van der Waals surface area contributed by atoms with Crippen molar-refractivity contribution >= 4 is 34.0 Å². The van der Waals surface area contributed by atoms with Crippen molar-refractivity contribution in [2.45, 2.75) is 45.1 Å². The van der Waals surface area contributed by atoms with E-state index >= 15 is 4.39 Å². The van der Waals surface area contributed by atoms with E-state index in [0.717, 1.165) is 46.4 Å². The van der Waals surface area contributed by atoms with E-state index in [1.165, 1.54) is 6.07 Å². The van der Waals surface area contributed by atoms with Gasteiger partial charge in [-0.25, -0.2) is 9.18 Å². The van der Waals surface area contributed by atoms with Gasteiger partial charge in [0.1, 0.15) is 24.8 Å². The number of hydrogen-bond acceptors (Lipinski definition) is 6. The first-order valence-corrected chi connectivity index (χ1v) is 18.7. The fourth-order valence-corrected chi connectivity index (χ4v) is 9.43. The monoisotopic (exact) mass is 701 g/mol. The molecular weight excluding hydrogens is 662 g/mol. The molecule has 0 fully saturated rings. The van der Waals surface area contributed by atoms with Crippen molar-refractivity contribution in [3.8, 4) is 16.9 Å². The Bertz CT molecular complexity index is 2110. The number of halogens is 1. The van der Waals surface area contributed by atoms with Crippen LogP contribution >= 0.6 is 0 Å². The van der Waals surface area contributed by atoms with Crippen LogP contribution in [-0.4, -0.2) is 29.3 Å². The first-order valence-electron chi connectivity index (χ1n) is 17.4. The Morgan fingerprint density at radius 1 is 0.961 bits per heavy atom. The van der Waals surface area contributed by atoms with Crippen LogP contribution in [0.1, 0.15) is 61.8 Å². The summed E-state index contributed by atoms with van der Waals surface area (Å²) in [5.74, 6) is 0.344. The van der Waals surface area contributed by atoms with Crippen LogP contribution in [0.3, 0.4) is 0 Å². The number of allylic oxidation sites excluding steroid dienone is 3. The number of amides is 1.